The SMILES string of the molecule is Clc1ccccc1[C@@H]1Oc2ccccc2C2=C1[C@@H](c1ccc(Br)cc1)n1ncnc1N2. The number of aromatic nitrogens is 3. The molecule has 7 heteroatoms. The van der Waals surface area contributed by atoms with E-state index in [9.17, 15) is 0 Å². The highest BCUT2D eigenvalue weighted by atomic mass is 79.9. The molecule has 3 aromatic carbocycles. The van der Waals surface area contributed by atoms with Crippen molar-refractivity contribution in [1.29, 1.82) is 0 Å². The highest BCUT2D eigenvalue weighted by Crippen LogP contribution is 2.51. The molecule has 3 heterocycles. The number of benzene rings is 3. The highest BCUT2D eigenvalue weighted by Gasteiger charge is 2.41. The van der Waals surface area contributed by atoms with Gasteiger partial charge in [0.25, 0.3) is 0 Å². The van der Waals surface area contributed by atoms with E-state index in [-0.39, 0.29) is 12.1 Å². The van der Waals surface area contributed by atoms with E-state index >= 15 is 0 Å². The average molecular weight is 492 g/mol. The van der Waals surface area contributed by atoms with Gasteiger partial charge in [-0.1, -0.05) is 70.0 Å². The van der Waals surface area contributed by atoms with Crippen molar-refractivity contribution in [3.05, 3.63) is 111 Å². The zero-order valence-electron chi connectivity index (χ0n) is 16.2. The topological polar surface area (TPSA) is 52.0 Å². The number of hydrogen-bond donors (Lipinski definition) is 1. The van der Waals surface area contributed by atoms with E-state index in [1.807, 2.05) is 59.3 Å². The monoisotopic (exact) mass is 490 g/mol. The summed E-state index contributed by atoms with van der Waals surface area (Å²) >= 11 is 10.2. The van der Waals surface area contributed by atoms with Crippen molar-refractivity contribution in [2.24, 2.45) is 0 Å². The second-order valence-corrected chi connectivity index (χ2v) is 8.78. The molecular weight excluding hydrogens is 476 g/mol. The van der Waals surface area contributed by atoms with Gasteiger partial charge in [0.2, 0.25) is 5.95 Å². The van der Waals surface area contributed by atoms with Crippen LogP contribution in [-0.4, -0.2) is 14.8 Å². The molecule has 0 saturated heterocycles. The van der Waals surface area contributed by atoms with Gasteiger partial charge in [-0.25, -0.2) is 4.68 Å². The minimum absolute atomic E-state index is 0.198. The molecule has 0 aliphatic carbocycles. The molecular formula is C24H16BrClN4O. The third kappa shape index (κ3) is 2.98. The van der Waals surface area contributed by atoms with Gasteiger partial charge in [0, 0.05) is 26.2 Å². The Kier molecular flexibility index (Phi) is 4.37. The summed E-state index contributed by atoms with van der Waals surface area (Å²) in [6, 6.07) is 23.9. The Balaban J connectivity index is 1.65. The summed E-state index contributed by atoms with van der Waals surface area (Å²) in [4.78, 5) is 4.46. The Labute approximate surface area is 192 Å². The van der Waals surface area contributed by atoms with E-state index < -0.39 is 0 Å². The first-order chi connectivity index (χ1) is 15.2. The van der Waals surface area contributed by atoms with E-state index in [0.717, 1.165) is 38.2 Å². The molecule has 2 atom stereocenters. The molecule has 0 spiro atoms. The molecule has 0 fully saturated rings. The van der Waals surface area contributed by atoms with Gasteiger partial charge >= 0.3 is 0 Å². The van der Waals surface area contributed by atoms with Gasteiger partial charge in [-0.3, -0.25) is 0 Å². The lowest BCUT2D eigenvalue weighted by Crippen LogP contribution is -2.32. The van der Waals surface area contributed by atoms with E-state index in [1.165, 1.54) is 0 Å². The first kappa shape index (κ1) is 18.7. The normalized spacial score (nSPS) is 19.0. The number of rotatable bonds is 2. The molecule has 0 bridgehead atoms. The molecule has 2 aliphatic heterocycles. The Bertz CT molecular complexity index is 1330. The van der Waals surface area contributed by atoms with Crippen LogP contribution >= 0.6 is 27.5 Å². The molecule has 5 nitrogen and oxygen atoms in total. The second kappa shape index (κ2) is 7.25. The summed E-state index contributed by atoms with van der Waals surface area (Å²) in [5.74, 6) is 1.50. The minimum Gasteiger partial charge on any atom is -0.480 e. The molecule has 4 aromatic rings. The molecule has 0 amide bonds. The largest absolute Gasteiger partial charge is 0.480 e. The quantitative estimate of drug-likeness (QED) is 0.360. The van der Waals surface area contributed by atoms with Gasteiger partial charge in [0.05, 0.1) is 5.70 Å². The fraction of sp³-hybridized carbons (Fsp3) is 0.0833. The van der Waals surface area contributed by atoms with Crippen molar-refractivity contribution < 1.29 is 4.74 Å². The van der Waals surface area contributed by atoms with Crippen LogP contribution in [0.25, 0.3) is 5.70 Å². The van der Waals surface area contributed by atoms with Crippen molar-refractivity contribution in [3.8, 4) is 5.75 Å². The third-order valence-electron chi connectivity index (χ3n) is 5.69. The lowest BCUT2D eigenvalue weighted by Gasteiger charge is -2.39. The number of halogens is 2. The van der Waals surface area contributed by atoms with Gasteiger partial charge in [-0.05, 0) is 35.9 Å². The summed E-state index contributed by atoms with van der Waals surface area (Å²) in [6.07, 6.45) is 1.20. The summed E-state index contributed by atoms with van der Waals surface area (Å²) in [6.45, 7) is 0. The summed E-state index contributed by atoms with van der Waals surface area (Å²) in [5, 5.41) is 8.71. The van der Waals surface area contributed by atoms with Gasteiger partial charge < -0.3 is 10.1 Å². The number of ether oxygens (including phenoxy) is 1. The standard InChI is InChI=1S/C24H16BrClN4O/c25-15-11-9-14(10-12-15)22-20-21(29-24-27-13-28-30(22)24)17-6-2-4-8-19(17)31-23(20)16-5-1-3-7-18(16)26/h1-13,22-23H,(H,27,28,29)/t22-,23+/m1/s1. The van der Waals surface area contributed by atoms with Gasteiger partial charge in [0.15, 0.2) is 6.10 Å². The summed E-state index contributed by atoms with van der Waals surface area (Å²) in [5.41, 5.74) is 5.03. The smallest absolute Gasteiger partial charge is 0.226 e. The molecule has 152 valence electrons. The maximum atomic E-state index is 6.65. The average Bonchev–Trinajstić information content (AvgIpc) is 3.27. The molecule has 1 N–H and O–H groups in total. The minimum atomic E-state index is -0.378. The number of para-hydroxylation sites is 1. The lowest BCUT2D eigenvalue weighted by atomic mass is 9.84. The summed E-state index contributed by atoms with van der Waals surface area (Å²) in [7, 11) is 0. The van der Waals surface area contributed by atoms with Crippen molar-refractivity contribution in [3.63, 3.8) is 0 Å². The maximum Gasteiger partial charge on any atom is 0.226 e. The van der Waals surface area contributed by atoms with E-state index in [2.05, 4.69) is 49.5 Å². The first-order valence-corrected chi connectivity index (χ1v) is 11.0. The van der Waals surface area contributed by atoms with Crippen LogP contribution in [0.15, 0.2) is 89.2 Å². The fourth-order valence-corrected chi connectivity index (χ4v) is 4.83. The number of hydrogen-bond acceptors (Lipinski definition) is 4. The number of fused-ring (bicyclic) bond motifs is 3. The predicted molar refractivity (Wildman–Crippen MR) is 124 cm³/mol. The Morgan fingerprint density at radius 3 is 2.58 bits per heavy atom. The maximum absolute atomic E-state index is 6.65. The number of nitrogens with one attached hydrogen (secondary N) is 1. The Morgan fingerprint density at radius 2 is 1.74 bits per heavy atom. The first-order valence-electron chi connectivity index (χ1n) is 9.87. The van der Waals surface area contributed by atoms with Crippen LogP contribution in [-0.2, 0) is 0 Å². The van der Waals surface area contributed by atoms with Crippen molar-refractivity contribution in [2.45, 2.75) is 12.1 Å². The molecule has 0 radical (unpaired) electrons. The number of nitrogens with zero attached hydrogens (tertiary/aromatic N) is 3. The third-order valence-corrected chi connectivity index (χ3v) is 6.57. The lowest BCUT2D eigenvalue weighted by molar-refractivity contribution is 0.223. The van der Waals surface area contributed by atoms with Crippen LogP contribution in [0.1, 0.15) is 28.8 Å². The van der Waals surface area contributed by atoms with Gasteiger partial charge in [0.1, 0.15) is 18.1 Å². The molecule has 1 aromatic heterocycles. The van der Waals surface area contributed by atoms with Crippen LogP contribution in [0.3, 0.4) is 0 Å². The van der Waals surface area contributed by atoms with Gasteiger partial charge in [-0.2, -0.15) is 10.1 Å². The Hall–Kier alpha value is -3.09. The molecule has 0 saturated carbocycles. The van der Waals surface area contributed by atoms with Crippen molar-refractivity contribution in [2.75, 3.05) is 5.32 Å². The van der Waals surface area contributed by atoms with Crippen LogP contribution in [0.2, 0.25) is 5.02 Å². The van der Waals surface area contributed by atoms with Crippen LogP contribution < -0.4 is 10.1 Å². The van der Waals surface area contributed by atoms with E-state index in [0.29, 0.717) is 11.0 Å². The Morgan fingerprint density at radius 1 is 0.968 bits per heavy atom. The predicted octanol–water partition coefficient (Wildman–Crippen LogP) is 6.25. The van der Waals surface area contributed by atoms with Crippen LogP contribution in [0.4, 0.5) is 5.95 Å². The zero-order chi connectivity index (χ0) is 20.9. The highest BCUT2D eigenvalue weighted by molar-refractivity contribution is 9.10. The fourth-order valence-electron chi connectivity index (χ4n) is 4.33. The molecule has 31 heavy (non-hydrogen) atoms. The van der Waals surface area contributed by atoms with Crippen LogP contribution in [0, 0.1) is 0 Å². The van der Waals surface area contributed by atoms with E-state index in [1.54, 1.807) is 6.33 Å². The van der Waals surface area contributed by atoms with Crippen molar-refractivity contribution in [1.82, 2.24) is 14.8 Å². The molecule has 6 rings (SSSR count). The van der Waals surface area contributed by atoms with E-state index in [4.69, 9.17) is 16.3 Å². The second-order valence-electron chi connectivity index (χ2n) is 7.45. The molecule has 0 unspecified atom stereocenters. The zero-order valence-corrected chi connectivity index (χ0v) is 18.5. The van der Waals surface area contributed by atoms with Crippen LogP contribution in [0.5, 0.6) is 5.75 Å². The van der Waals surface area contributed by atoms with Crippen molar-refractivity contribution >= 4 is 39.2 Å². The van der Waals surface area contributed by atoms with Gasteiger partial charge in [-0.15, -0.1) is 0 Å². The molecule has 2 aliphatic rings. The number of anilines is 1. The summed E-state index contributed by atoms with van der Waals surface area (Å²) < 4.78 is 9.51.